The molecule has 1 unspecified atom stereocenters. The molecule has 0 radical (unpaired) electrons. The molecule has 0 saturated heterocycles. The summed E-state index contributed by atoms with van der Waals surface area (Å²) in [5.41, 5.74) is 0.392. The number of hydrogen-bond donors (Lipinski definition) is 1. The van der Waals surface area contributed by atoms with E-state index in [1.807, 2.05) is 6.92 Å². The van der Waals surface area contributed by atoms with Gasteiger partial charge in [-0.15, -0.1) is 0 Å². The molecule has 2 rings (SSSR count). The van der Waals surface area contributed by atoms with Gasteiger partial charge in [0.05, 0.1) is 23.2 Å². The zero-order valence-corrected chi connectivity index (χ0v) is 18.4. The van der Waals surface area contributed by atoms with Crippen LogP contribution in [0.5, 0.6) is 0 Å². The van der Waals surface area contributed by atoms with Gasteiger partial charge < -0.3 is 5.32 Å². The quantitative estimate of drug-likeness (QED) is 0.644. The number of aryl methyl sites for hydroxylation is 2. The van der Waals surface area contributed by atoms with Crippen molar-refractivity contribution >= 4 is 38.9 Å². The van der Waals surface area contributed by atoms with E-state index in [0.29, 0.717) is 6.07 Å². The fraction of sp³-hybridized carbons (Fsp3) is 0.350. The summed E-state index contributed by atoms with van der Waals surface area (Å²) in [4.78, 5) is 12.9. The van der Waals surface area contributed by atoms with Crippen LogP contribution in [-0.4, -0.2) is 26.6 Å². The van der Waals surface area contributed by atoms with Crippen LogP contribution in [0.4, 0.5) is 24.5 Å². The van der Waals surface area contributed by atoms with Gasteiger partial charge in [0.15, 0.2) is 0 Å². The molecule has 164 valence electrons. The lowest BCUT2D eigenvalue weighted by molar-refractivity contribution is -0.137. The molecule has 0 heterocycles. The van der Waals surface area contributed by atoms with E-state index in [9.17, 15) is 26.4 Å². The van der Waals surface area contributed by atoms with Crippen LogP contribution in [0.15, 0.2) is 36.4 Å². The summed E-state index contributed by atoms with van der Waals surface area (Å²) in [5, 5.41) is 2.08. The Balaban J connectivity index is 2.49. The van der Waals surface area contributed by atoms with E-state index in [0.717, 1.165) is 27.8 Å². The number of halogens is 4. The first-order valence-corrected chi connectivity index (χ1v) is 11.2. The Kier molecular flexibility index (Phi) is 7.08. The lowest BCUT2D eigenvalue weighted by atomic mass is 10.1. The van der Waals surface area contributed by atoms with Crippen molar-refractivity contribution in [3.8, 4) is 0 Å². The second kappa shape index (κ2) is 8.85. The molecule has 1 atom stereocenters. The van der Waals surface area contributed by atoms with Crippen LogP contribution in [0, 0.1) is 13.8 Å². The van der Waals surface area contributed by atoms with Gasteiger partial charge in [-0.05, 0) is 61.7 Å². The Bertz CT molecular complexity index is 1060. The average molecular weight is 463 g/mol. The summed E-state index contributed by atoms with van der Waals surface area (Å²) in [7, 11) is -3.91. The number of carbonyl (C=O) groups is 1. The summed E-state index contributed by atoms with van der Waals surface area (Å²) < 4.78 is 66.0. The minimum Gasteiger partial charge on any atom is -0.324 e. The van der Waals surface area contributed by atoms with Gasteiger partial charge in [-0.25, -0.2) is 8.42 Å². The lowest BCUT2D eigenvalue weighted by Crippen LogP contribution is -2.47. The SMILES string of the molecule is CCC(C(=O)Nc1ccc(Cl)cc1C(F)(F)F)N(c1ccc(C)c(C)c1)S(C)(=O)=O. The van der Waals surface area contributed by atoms with Gasteiger partial charge in [-0.2, -0.15) is 13.2 Å². The maximum absolute atomic E-state index is 13.3. The maximum Gasteiger partial charge on any atom is 0.418 e. The molecule has 10 heteroatoms. The number of benzene rings is 2. The summed E-state index contributed by atoms with van der Waals surface area (Å²) >= 11 is 5.67. The van der Waals surface area contributed by atoms with E-state index in [1.165, 1.54) is 6.07 Å². The number of hydrogen-bond acceptors (Lipinski definition) is 3. The zero-order valence-electron chi connectivity index (χ0n) is 16.8. The molecule has 2 aromatic rings. The van der Waals surface area contributed by atoms with E-state index in [-0.39, 0.29) is 17.1 Å². The second-order valence-corrected chi connectivity index (χ2v) is 9.22. The largest absolute Gasteiger partial charge is 0.418 e. The first-order valence-electron chi connectivity index (χ1n) is 9.00. The highest BCUT2D eigenvalue weighted by molar-refractivity contribution is 7.92. The Morgan fingerprint density at radius 1 is 1.13 bits per heavy atom. The molecule has 0 saturated carbocycles. The van der Waals surface area contributed by atoms with Crippen molar-refractivity contribution in [3.63, 3.8) is 0 Å². The Morgan fingerprint density at radius 3 is 2.27 bits per heavy atom. The van der Waals surface area contributed by atoms with Gasteiger partial charge in [0, 0.05) is 5.02 Å². The molecule has 2 aromatic carbocycles. The van der Waals surface area contributed by atoms with E-state index < -0.39 is 39.4 Å². The van der Waals surface area contributed by atoms with Crippen LogP contribution in [0.2, 0.25) is 5.02 Å². The topological polar surface area (TPSA) is 66.5 Å². The standard InChI is InChI=1S/C20H22ClF3N2O3S/c1-5-18(26(30(4,28)29)15-8-6-12(2)13(3)10-15)19(27)25-17-9-7-14(21)11-16(17)20(22,23)24/h6-11,18H,5H2,1-4H3,(H,25,27). The Morgan fingerprint density at radius 2 is 1.77 bits per heavy atom. The monoisotopic (exact) mass is 462 g/mol. The molecular formula is C20H22ClF3N2O3S. The van der Waals surface area contributed by atoms with Crippen molar-refractivity contribution < 1.29 is 26.4 Å². The number of anilines is 2. The van der Waals surface area contributed by atoms with E-state index in [4.69, 9.17) is 11.6 Å². The maximum atomic E-state index is 13.3. The second-order valence-electron chi connectivity index (χ2n) is 6.93. The predicted molar refractivity (Wildman–Crippen MR) is 112 cm³/mol. The van der Waals surface area contributed by atoms with Crippen molar-refractivity contribution in [1.82, 2.24) is 0 Å². The molecular weight excluding hydrogens is 441 g/mol. The third kappa shape index (κ3) is 5.46. The van der Waals surface area contributed by atoms with Crippen molar-refractivity contribution in [2.75, 3.05) is 15.9 Å². The number of alkyl halides is 3. The summed E-state index contributed by atoms with van der Waals surface area (Å²) in [6.45, 7) is 5.23. The van der Waals surface area contributed by atoms with E-state index in [2.05, 4.69) is 5.32 Å². The fourth-order valence-corrected chi connectivity index (χ4v) is 4.37. The molecule has 0 aromatic heterocycles. The normalized spacial score (nSPS) is 13.1. The van der Waals surface area contributed by atoms with Crippen LogP contribution in [0.1, 0.15) is 30.0 Å². The van der Waals surface area contributed by atoms with Crippen LogP contribution in [0.3, 0.4) is 0 Å². The number of rotatable bonds is 6. The van der Waals surface area contributed by atoms with Gasteiger partial charge >= 0.3 is 6.18 Å². The van der Waals surface area contributed by atoms with Crippen molar-refractivity contribution in [3.05, 3.63) is 58.1 Å². The van der Waals surface area contributed by atoms with Crippen LogP contribution >= 0.6 is 11.6 Å². The van der Waals surface area contributed by atoms with Gasteiger partial charge in [-0.3, -0.25) is 9.10 Å². The Labute approximate surface area is 178 Å². The molecule has 0 aliphatic carbocycles. The summed E-state index contributed by atoms with van der Waals surface area (Å²) in [5.74, 6) is -0.881. The highest BCUT2D eigenvalue weighted by Crippen LogP contribution is 2.37. The van der Waals surface area contributed by atoms with Crippen molar-refractivity contribution in [2.24, 2.45) is 0 Å². The highest BCUT2D eigenvalue weighted by atomic mass is 35.5. The molecule has 5 nitrogen and oxygen atoms in total. The molecule has 0 spiro atoms. The highest BCUT2D eigenvalue weighted by Gasteiger charge is 2.36. The van der Waals surface area contributed by atoms with E-state index >= 15 is 0 Å². The smallest absolute Gasteiger partial charge is 0.324 e. The summed E-state index contributed by atoms with van der Waals surface area (Å²) in [6.07, 6.45) is -3.76. The summed E-state index contributed by atoms with van der Waals surface area (Å²) in [6, 6.07) is 6.60. The van der Waals surface area contributed by atoms with Crippen LogP contribution < -0.4 is 9.62 Å². The van der Waals surface area contributed by atoms with Crippen LogP contribution in [0.25, 0.3) is 0 Å². The van der Waals surface area contributed by atoms with Crippen LogP contribution in [-0.2, 0) is 21.0 Å². The van der Waals surface area contributed by atoms with Crippen molar-refractivity contribution in [1.29, 1.82) is 0 Å². The van der Waals surface area contributed by atoms with E-state index in [1.54, 1.807) is 32.0 Å². The van der Waals surface area contributed by atoms with Crippen molar-refractivity contribution in [2.45, 2.75) is 39.4 Å². The third-order valence-electron chi connectivity index (χ3n) is 4.62. The number of nitrogens with zero attached hydrogens (tertiary/aromatic N) is 1. The van der Waals surface area contributed by atoms with Gasteiger partial charge in [-0.1, -0.05) is 24.6 Å². The minimum atomic E-state index is -4.75. The number of amides is 1. The zero-order chi connectivity index (χ0) is 22.9. The molecule has 1 N–H and O–H groups in total. The molecule has 1 amide bonds. The molecule has 0 aliphatic heterocycles. The first kappa shape index (κ1) is 24.0. The Hall–Kier alpha value is -2.26. The average Bonchev–Trinajstić information content (AvgIpc) is 2.61. The first-order chi connectivity index (χ1) is 13.8. The number of carbonyl (C=O) groups excluding carboxylic acids is 1. The minimum absolute atomic E-state index is 0.0424. The van der Waals surface area contributed by atoms with Gasteiger partial charge in [0.2, 0.25) is 15.9 Å². The third-order valence-corrected chi connectivity index (χ3v) is 6.03. The molecule has 0 aliphatic rings. The fourth-order valence-electron chi connectivity index (χ4n) is 3.00. The van der Waals surface area contributed by atoms with Gasteiger partial charge in [0.1, 0.15) is 6.04 Å². The van der Waals surface area contributed by atoms with Gasteiger partial charge in [0.25, 0.3) is 0 Å². The molecule has 30 heavy (non-hydrogen) atoms. The molecule has 0 bridgehead atoms. The predicted octanol–water partition coefficient (Wildman–Crippen LogP) is 5.16. The number of nitrogens with one attached hydrogen (secondary N) is 1. The number of sulfonamides is 1. The lowest BCUT2D eigenvalue weighted by Gasteiger charge is -2.30. The molecule has 0 fully saturated rings.